The van der Waals surface area contributed by atoms with E-state index in [-0.39, 0.29) is 0 Å². The number of hydrogen-bond acceptors (Lipinski definition) is 2. The molecular formula is C16H15N3. The topological polar surface area (TPSA) is 43.8 Å². The third-order valence-corrected chi connectivity index (χ3v) is 3.93. The summed E-state index contributed by atoms with van der Waals surface area (Å²) in [5.41, 5.74) is 12.1. The van der Waals surface area contributed by atoms with Crippen LogP contribution in [0.5, 0.6) is 0 Å². The molecule has 0 radical (unpaired) electrons. The molecule has 3 aromatic rings. The van der Waals surface area contributed by atoms with Crippen LogP contribution in [0.3, 0.4) is 0 Å². The van der Waals surface area contributed by atoms with E-state index in [1.807, 2.05) is 22.8 Å². The van der Waals surface area contributed by atoms with Crippen LogP contribution in [-0.4, -0.2) is 9.55 Å². The molecule has 0 atom stereocenters. The first-order valence-electron chi connectivity index (χ1n) is 6.68. The Bertz CT molecular complexity index is 771. The fourth-order valence-corrected chi connectivity index (χ4v) is 3.01. The van der Waals surface area contributed by atoms with E-state index in [4.69, 9.17) is 5.73 Å². The molecule has 1 heterocycles. The van der Waals surface area contributed by atoms with E-state index in [0.717, 1.165) is 16.7 Å². The SMILES string of the molecule is Nc1nc2ccccc2n1-c1ccc2c(c1)CCC2. The van der Waals surface area contributed by atoms with Gasteiger partial charge in [-0.1, -0.05) is 18.2 Å². The van der Waals surface area contributed by atoms with Crippen LogP contribution < -0.4 is 5.73 Å². The number of benzene rings is 2. The summed E-state index contributed by atoms with van der Waals surface area (Å²) in [7, 11) is 0. The monoisotopic (exact) mass is 249 g/mol. The van der Waals surface area contributed by atoms with Crippen molar-refractivity contribution < 1.29 is 0 Å². The van der Waals surface area contributed by atoms with Crippen molar-refractivity contribution in [2.45, 2.75) is 19.3 Å². The average Bonchev–Trinajstić information content (AvgIpc) is 3.00. The minimum absolute atomic E-state index is 0.555. The van der Waals surface area contributed by atoms with Gasteiger partial charge in [0.05, 0.1) is 11.0 Å². The van der Waals surface area contributed by atoms with E-state index in [1.165, 1.54) is 30.4 Å². The Labute approximate surface area is 111 Å². The molecule has 0 fully saturated rings. The lowest BCUT2D eigenvalue weighted by Gasteiger charge is -2.08. The molecule has 2 aromatic carbocycles. The van der Waals surface area contributed by atoms with Crippen molar-refractivity contribution in [2.75, 3.05) is 5.73 Å². The Kier molecular flexibility index (Phi) is 2.15. The van der Waals surface area contributed by atoms with E-state index in [9.17, 15) is 0 Å². The summed E-state index contributed by atoms with van der Waals surface area (Å²) in [6.45, 7) is 0. The summed E-state index contributed by atoms with van der Waals surface area (Å²) in [5, 5.41) is 0. The summed E-state index contributed by atoms with van der Waals surface area (Å²) >= 11 is 0. The molecule has 1 aromatic heterocycles. The van der Waals surface area contributed by atoms with Gasteiger partial charge in [0.15, 0.2) is 0 Å². The molecule has 0 spiro atoms. The third-order valence-electron chi connectivity index (χ3n) is 3.93. The van der Waals surface area contributed by atoms with Gasteiger partial charge in [-0.15, -0.1) is 0 Å². The average molecular weight is 249 g/mol. The van der Waals surface area contributed by atoms with Crippen molar-refractivity contribution in [3.05, 3.63) is 53.6 Å². The second-order valence-electron chi connectivity index (χ2n) is 5.10. The fraction of sp³-hybridized carbons (Fsp3) is 0.188. The van der Waals surface area contributed by atoms with Crippen LogP contribution >= 0.6 is 0 Å². The Morgan fingerprint density at radius 2 is 1.84 bits per heavy atom. The lowest BCUT2D eigenvalue weighted by Crippen LogP contribution is -2.01. The highest BCUT2D eigenvalue weighted by Gasteiger charge is 2.14. The maximum absolute atomic E-state index is 6.08. The molecule has 3 heteroatoms. The predicted octanol–water partition coefficient (Wildman–Crippen LogP) is 3.10. The minimum atomic E-state index is 0.555. The van der Waals surface area contributed by atoms with E-state index in [0.29, 0.717) is 5.95 Å². The predicted molar refractivity (Wildman–Crippen MR) is 77.5 cm³/mol. The molecule has 0 amide bonds. The second-order valence-corrected chi connectivity index (χ2v) is 5.10. The summed E-state index contributed by atoms with van der Waals surface area (Å²) in [6.07, 6.45) is 3.64. The van der Waals surface area contributed by atoms with Gasteiger partial charge >= 0.3 is 0 Å². The lowest BCUT2D eigenvalue weighted by atomic mass is 10.1. The summed E-state index contributed by atoms with van der Waals surface area (Å²) in [5.74, 6) is 0.555. The molecule has 0 saturated carbocycles. The maximum Gasteiger partial charge on any atom is 0.205 e. The number of para-hydroxylation sites is 2. The van der Waals surface area contributed by atoms with Gasteiger partial charge in [-0.25, -0.2) is 4.98 Å². The molecule has 4 rings (SSSR count). The summed E-state index contributed by atoms with van der Waals surface area (Å²) in [6, 6.07) is 14.7. The van der Waals surface area contributed by atoms with Crippen molar-refractivity contribution >= 4 is 17.0 Å². The molecule has 94 valence electrons. The number of anilines is 1. The standard InChI is InChI=1S/C16H15N3/c17-16-18-14-6-1-2-7-15(14)19(16)13-9-8-11-4-3-5-12(11)10-13/h1-2,6-10H,3-5H2,(H2,17,18). The lowest BCUT2D eigenvalue weighted by molar-refractivity contribution is 0.911. The van der Waals surface area contributed by atoms with Crippen molar-refractivity contribution in [1.29, 1.82) is 0 Å². The first-order chi connectivity index (χ1) is 9.33. The Hall–Kier alpha value is -2.29. The van der Waals surface area contributed by atoms with Gasteiger partial charge in [-0.05, 0) is 54.7 Å². The maximum atomic E-state index is 6.08. The molecule has 1 aliphatic carbocycles. The van der Waals surface area contributed by atoms with Gasteiger partial charge in [0.2, 0.25) is 5.95 Å². The quantitative estimate of drug-likeness (QED) is 0.720. The first-order valence-corrected chi connectivity index (χ1v) is 6.68. The zero-order valence-corrected chi connectivity index (χ0v) is 10.6. The van der Waals surface area contributed by atoms with E-state index >= 15 is 0 Å². The van der Waals surface area contributed by atoms with Crippen LogP contribution in [0.4, 0.5) is 5.95 Å². The van der Waals surface area contributed by atoms with Gasteiger partial charge in [-0.3, -0.25) is 4.57 Å². The van der Waals surface area contributed by atoms with Crippen LogP contribution in [0.1, 0.15) is 17.5 Å². The van der Waals surface area contributed by atoms with Crippen LogP contribution in [0.2, 0.25) is 0 Å². The Morgan fingerprint density at radius 3 is 2.79 bits per heavy atom. The van der Waals surface area contributed by atoms with Gasteiger partial charge < -0.3 is 5.73 Å². The van der Waals surface area contributed by atoms with Gasteiger partial charge in [0.25, 0.3) is 0 Å². The zero-order chi connectivity index (χ0) is 12.8. The molecular weight excluding hydrogens is 234 g/mol. The second kappa shape index (κ2) is 3.85. The fourth-order valence-electron chi connectivity index (χ4n) is 3.01. The molecule has 2 N–H and O–H groups in total. The summed E-state index contributed by atoms with van der Waals surface area (Å²) in [4.78, 5) is 4.42. The van der Waals surface area contributed by atoms with Gasteiger partial charge in [0, 0.05) is 5.69 Å². The number of imidazole rings is 1. The number of aromatic nitrogens is 2. The number of aryl methyl sites for hydroxylation is 2. The minimum Gasteiger partial charge on any atom is -0.369 e. The van der Waals surface area contributed by atoms with Crippen LogP contribution in [0.25, 0.3) is 16.7 Å². The molecule has 0 bridgehead atoms. The van der Waals surface area contributed by atoms with Crippen molar-refractivity contribution in [3.8, 4) is 5.69 Å². The normalized spacial score (nSPS) is 13.9. The number of nitrogens with two attached hydrogens (primary N) is 1. The van der Waals surface area contributed by atoms with Crippen LogP contribution in [0.15, 0.2) is 42.5 Å². The van der Waals surface area contributed by atoms with E-state index in [1.54, 1.807) is 0 Å². The Morgan fingerprint density at radius 1 is 1.00 bits per heavy atom. The molecule has 0 unspecified atom stereocenters. The largest absolute Gasteiger partial charge is 0.369 e. The number of fused-ring (bicyclic) bond motifs is 2. The van der Waals surface area contributed by atoms with Gasteiger partial charge in [-0.2, -0.15) is 0 Å². The number of rotatable bonds is 1. The van der Waals surface area contributed by atoms with Crippen LogP contribution in [-0.2, 0) is 12.8 Å². The van der Waals surface area contributed by atoms with Crippen LogP contribution in [0, 0.1) is 0 Å². The first kappa shape index (κ1) is 10.6. The molecule has 0 aliphatic heterocycles. The number of hydrogen-bond donors (Lipinski definition) is 1. The van der Waals surface area contributed by atoms with Crippen molar-refractivity contribution in [3.63, 3.8) is 0 Å². The highest BCUT2D eigenvalue weighted by molar-refractivity contribution is 5.80. The van der Waals surface area contributed by atoms with Crippen molar-refractivity contribution in [1.82, 2.24) is 9.55 Å². The highest BCUT2D eigenvalue weighted by atomic mass is 15.2. The van der Waals surface area contributed by atoms with E-state index in [2.05, 4.69) is 29.2 Å². The van der Waals surface area contributed by atoms with Gasteiger partial charge in [0.1, 0.15) is 0 Å². The Balaban J connectivity index is 1.97. The molecule has 1 aliphatic rings. The smallest absolute Gasteiger partial charge is 0.205 e. The number of nitrogens with zero attached hydrogens (tertiary/aromatic N) is 2. The zero-order valence-electron chi connectivity index (χ0n) is 10.6. The summed E-state index contributed by atoms with van der Waals surface area (Å²) < 4.78 is 2.04. The van der Waals surface area contributed by atoms with Crippen molar-refractivity contribution in [2.24, 2.45) is 0 Å². The molecule has 0 saturated heterocycles. The molecule has 19 heavy (non-hydrogen) atoms. The number of nitrogen functional groups attached to an aromatic ring is 1. The van der Waals surface area contributed by atoms with E-state index < -0.39 is 0 Å². The molecule has 3 nitrogen and oxygen atoms in total. The third kappa shape index (κ3) is 1.55. The highest BCUT2D eigenvalue weighted by Crippen LogP contribution is 2.28.